The molecule has 0 aliphatic rings. The second-order valence-electron chi connectivity index (χ2n) is 2.12. The van der Waals surface area contributed by atoms with Gasteiger partial charge in [-0.15, -0.1) is 0 Å². The zero-order chi connectivity index (χ0) is 9.94. The van der Waals surface area contributed by atoms with E-state index in [9.17, 15) is 0 Å². The van der Waals surface area contributed by atoms with Crippen LogP contribution in [0.5, 0.6) is 0 Å². The Hall–Kier alpha value is 1.54. The Kier molecular flexibility index (Phi) is 13.0. The molecule has 0 radical (unpaired) electrons. The van der Waals surface area contributed by atoms with Gasteiger partial charge in [0.05, 0.1) is 0 Å². The van der Waals surface area contributed by atoms with Crippen molar-refractivity contribution >= 4 is 50.1 Å². The second-order valence-corrected chi connectivity index (χ2v) is 11.1. The van der Waals surface area contributed by atoms with Gasteiger partial charge in [0.15, 0.2) is 0 Å². The summed E-state index contributed by atoms with van der Waals surface area (Å²) in [5, 5.41) is 17.1. The lowest BCUT2D eigenvalue weighted by molar-refractivity contribution is 0.296. The third-order valence-corrected chi connectivity index (χ3v) is 10.5. The van der Waals surface area contributed by atoms with E-state index in [-0.39, 0.29) is 21.7 Å². The van der Waals surface area contributed by atoms with Crippen LogP contribution in [0.4, 0.5) is 0 Å². The van der Waals surface area contributed by atoms with Crippen LogP contribution in [0.15, 0.2) is 0 Å². The average molecular weight is 279 g/mol. The molecule has 2 N–H and O–H groups in total. The second kappa shape index (κ2) is 11.6. The summed E-state index contributed by atoms with van der Waals surface area (Å²) in [6, 6.07) is 0. The first-order chi connectivity index (χ1) is 6.31. The van der Waals surface area contributed by atoms with E-state index in [0.29, 0.717) is 0 Å². The highest BCUT2D eigenvalue weighted by Gasteiger charge is 1.97. The lowest BCUT2D eigenvalue weighted by atomic mass is 10.5. The molecule has 1 atom stereocenters. The maximum absolute atomic E-state index is 8.57. The van der Waals surface area contributed by atoms with Crippen molar-refractivity contribution < 1.29 is 10.2 Å². The van der Waals surface area contributed by atoms with Crippen LogP contribution in [0.2, 0.25) is 0 Å². The number of aliphatic hydroxyl groups excluding tert-OH is 2. The van der Waals surface area contributed by atoms with Crippen LogP contribution in [0, 0.1) is 0 Å². The standard InChI is InChI=1S/C6H14O2S5/c7-3-1-5-10-11-12-13(9)6-2-4-8/h7-8H,1-6H2. The zero-order valence-corrected chi connectivity index (χ0v) is 11.3. The molecule has 0 saturated heterocycles. The van der Waals surface area contributed by atoms with Gasteiger partial charge in [-0.1, -0.05) is 19.3 Å². The summed E-state index contributed by atoms with van der Waals surface area (Å²) in [6.45, 7) is 0.505. The number of hydrogen-bond donors (Lipinski definition) is 2. The van der Waals surface area contributed by atoms with Crippen molar-refractivity contribution in [2.24, 2.45) is 0 Å². The highest BCUT2D eigenvalue weighted by molar-refractivity contribution is 9.26. The van der Waals surface area contributed by atoms with E-state index in [2.05, 4.69) is 0 Å². The van der Waals surface area contributed by atoms with E-state index in [1.165, 1.54) is 0 Å². The molecule has 2 nitrogen and oxygen atoms in total. The molecule has 0 aromatic heterocycles. The van der Waals surface area contributed by atoms with Crippen molar-refractivity contribution in [2.75, 3.05) is 24.7 Å². The Morgan fingerprint density at radius 2 is 1.85 bits per heavy atom. The first kappa shape index (κ1) is 14.5. The number of aliphatic hydroxyl groups is 2. The van der Waals surface area contributed by atoms with Crippen LogP contribution < -0.4 is 0 Å². The average Bonchev–Trinajstić information content (AvgIpc) is 2.14. The molecule has 0 aliphatic heterocycles. The van der Waals surface area contributed by atoms with Crippen molar-refractivity contribution in [3.8, 4) is 0 Å². The van der Waals surface area contributed by atoms with Gasteiger partial charge < -0.3 is 10.2 Å². The van der Waals surface area contributed by atoms with E-state index in [1.54, 1.807) is 30.4 Å². The zero-order valence-electron chi connectivity index (χ0n) is 7.18. The quantitative estimate of drug-likeness (QED) is 0.495. The van der Waals surface area contributed by atoms with Crippen molar-refractivity contribution in [3.05, 3.63) is 0 Å². The van der Waals surface area contributed by atoms with Gasteiger partial charge >= 0.3 is 0 Å². The fourth-order valence-corrected chi connectivity index (χ4v) is 9.75. The molecule has 0 rings (SSSR count). The van der Waals surface area contributed by atoms with Crippen LogP contribution in [0.1, 0.15) is 12.8 Å². The highest BCUT2D eigenvalue weighted by atomic mass is 33.8. The van der Waals surface area contributed by atoms with Crippen LogP contribution >= 0.6 is 30.4 Å². The molecule has 0 aliphatic carbocycles. The van der Waals surface area contributed by atoms with Gasteiger partial charge in [-0.05, 0) is 43.7 Å². The van der Waals surface area contributed by atoms with Crippen molar-refractivity contribution in [3.63, 3.8) is 0 Å². The Labute approximate surface area is 97.4 Å². The molecule has 0 bridgehead atoms. The Bertz CT molecular complexity index is 132. The van der Waals surface area contributed by atoms with Gasteiger partial charge in [0.25, 0.3) is 0 Å². The minimum atomic E-state index is -0.0557. The summed E-state index contributed by atoms with van der Waals surface area (Å²) in [4.78, 5) is 0. The lowest BCUT2D eigenvalue weighted by Gasteiger charge is -2.01. The summed E-state index contributed by atoms with van der Waals surface area (Å²) >= 11 is 5.18. The SMILES string of the molecule is OCCCSSSS(=S)CCCO. The molecule has 0 fully saturated rings. The monoisotopic (exact) mass is 278 g/mol. The Balaban J connectivity index is 3.08. The van der Waals surface area contributed by atoms with Crippen molar-refractivity contribution in [1.82, 2.24) is 0 Å². The molecular weight excluding hydrogens is 264 g/mol. The van der Waals surface area contributed by atoms with Crippen LogP contribution in [0.3, 0.4) is 0 Å². The first-order valence-electron chi connectivity index (χ1n) is 3.88. The summed E-state index contributed by atoms with van der Waals surface area (Å²) in [7, 11) is 5.08. The minimum Gasteiger partial charge on any atom is -0.396 e. The van der Waals surface area contributed by atoms with E-state index in [4.69, 9.17) is 21.4 Å². The maximum Gasteiger partial charge on any atom is 0.0439 e. The van der Waals surface area contributed by atoms with Gasteiger partial charge in [-0.3, -0.25) is 0 Å². The summed E-state index contributed by atoms with van der Waals surface area (Å²) in [5.74, 6) is 1.89. The molecule has 0 spiro atoms. The topological polar surface area (TPSA) is 40.5 Å². The summed E-state index contributed by atoms with van der Waals surface area (Å²) in [5.41, 5.74) is 0. The Morgan fingerprint density at radius 3 is 2.46 bits per heavy atom. The molecule has 7 heteroatoms. The third kappa shape index (κ3) is 11.5. The van der Waals surface area contributed by atoms with Gasteiger partial charge in [0, 0.05) is 24.7 Å². The van der Waals surface area contributed by atoms with Crippen molar-refractivity contribution in [2.45, 2.75) is 12.8 Å². The van der Waals surface area contributed by atoms with Gasteiger partial charge in [0.2, 0.25) is 0 Å². The molecular formula is C6H14O2S5. The molecule has 0 saturated carbocycles. The molecule has 0 aromatic rings. The first-order valence-corrected chi connectivity index (χ1v) is 10.4. The van der Waals surface area contributed by atoms with E-state index >= 15 is 0 Å². The molecule has 13 heavy (non-hydrogen) atoms. The largest absolute Gasteiger partial charge is 0.396 e. The smallest absolute Gasteiger partial charge is 0.0439 e. The highest BCUT2D eigenvalue weighted by Crippen LogP contribution is 2.37. The maximum atomic E-state index is 8.57. The van der Waals surface area contributed by atoms with E-state index in [1.807, 2.05) is 0 Å². The number of rotatable bonds is 9. The molecule has 0 heterocycles. The molecule has 1 unspecified atom stereocenters. The van der Waals surface area contributed by atoms with Crippen LogP contribution in [-0.4, -0.2) is 34.9 Å². The van der Waals surface area contributed by atoms with Gasteiger partial charge in [-0.25, -0.2) is 0 Å². The van der Waals surface area contributed by atoms with E-state index < -0.39 is 0 Å². The molecule has 80 valence electrons. The number of hydrogen-bond acceptors (Lipinski definition) is 6. The lowest BCUT2D eigenvalue weighted by Crippen LogP contribution is -1.92. The molecule has 0 aromatic carbocycles. The fourth-order valence-electron chi connectivity index (χ4n) is 0.425. The Morgan fingerprint density at radius 1 is 1.15 bits per heavy atom. The summed E-state index contributed by atoms with van der Waals surface area (Å²) < 4.78 is 0. The van der Waals surface area contributed by atoms with Gasteiger partial charge in [0.1, 0.15) is 0 Å². The third-order valence-electron chi connectivity index (χ3n) is 1.01. The summed E-state index contributed by atoms with van der Waals surface area (Å²) in [6.07, 6.45) is 1.65. The normalized spacial score (nSPS) is 13.1. The molecule has 0 amide bonds. The fraction of sp³-hybridized carbons (Fsp3) is 1.00. The van der Waals surface area contributed by atoms with Gasteiger partial charge in [-0.2, -0.15) is 0 Å². The van der Waals surface area contributed by atoms with Crippen molar-refractivity contribution in [1.29, 1.82) is 0 Å². The predicted octanol–water partition coefficient (Wildman–Crippen LogP) is 1.78. The van der Waals surface area contributed by atoms with Crippen LogP contribution in [-0.2, 0) is 19.7 Å². The minimum absolute atomic E-state index is 0.0557. The van der Waals surface area contributed by atoms with Crippen LogP contribution in [0.25, 0.3) is 0 Å². The van der Waals surface area contributed by atoms with E-state index in [0.717, 1.165) is 24.3 Å². The predicted molar refractivity (Wildman–Crippen MR) is 70.6 cm³/mol.